The van der Waals surface area contributed by atoms with Crippen molar-refractivity contribution in [1.29, 1.82) is 0 Å². The van der Waals surface area contributed by atoms with Crippen molar-refractivity contribution in [2.45, 2.75) is 34.9 Å². The number of aliphatic hydroxyl groups is 1. The van der Waals surface area contributed by atoms with Crippen molar-refractivity contribution in [2.24, 2.45) is 0 Å². The molecule has 3 unspecified atom stereocenters. The molecule has 182 valence electrons. The average Bonchev–Trinajstić information content (AvgIpc) is 3.51. The number of hydrogen-bond donors (Lipinski definition) is 3. The number of aromatic nitrogens is 8. The molecule has 0 saturated carbocycles. The summed E-state index contributed by atoms with van der Waals surface area (Å²) in [6.45, 7) is -0.351. The first-order valence-electron chi connectivity index (χ1n) is 10.1. The van der Waals surface area contributed by atoms with Crippen LogP contribution in [0.1, 0.15) is 6.23 Å². The molecular weight excluding hydrogens is 505 g/mol. The van der Waals surface area contributed by atoms with Crippen molar-refractivity contribution >= 4 is 36.7 Å². The summed E-state index contributed by atoms with van der Waals surface area (Å²) in [6, 6.07) is 9.06. The summed E-state index contributed by atoms with van der Waals surface area (Å²) in [5.41, 5.74) is 5.71. The molecule has 2 aliphatic heterocycles. The van der Waals surface area contributed by atoms with Gasteiger partial charge in [-0.15, -0.1) is 5.10 Å². The number of nitrogens with zero attached hydrogens (tertiary/aromatic N) is 7. The fraction of sp³-hybridized carbons (Fsp3) is 0.294. The lowest BCUT2D eigenvalue weighted by atomic mass is 10.1. The molecule has 5 atom stereocenters. The van der Waals surface area contributed by atoms with Gasteiger partial charge < -0.3 is 29.5 Å². The van der Waals surface area contributed by atoms with E-state index in [1.165, 1.54) is 9.25 Å². The summed E-state index contributed by atoms with van der Waals surface area (Å²) in [5.74, 6) is -0.192. The predicted octanol–water partition coefficient (Wildman–Crippen LogP) is -1.03. The third-order valence-corrected chi connectivity index (χ3v) is 7.25. The van der Waals surface area contributed by atoms with Crippen LogP contribution >= 0.6 is 19.6 Å². The highest BCUT2D eigenvalue weighted by atomic mass is 32.2. The predicted molar refractivity (Wildman–Crippen MR) is 114 cm³/mol. The van der Waals surface area contributed by atoms with E-state index in [1.54, 1.807) is 12.1 Å². The first-order valence-corrected chi connectivity index (χ1v) is 12.4. The van der Waals surface area contributed by atoms with Crippen LogP contribution < -0.4 is 16.2 Å². The number of rotatable bonds is 4. The second kappa shape index (κ2) is 8.20. The van der Waals surface area contributed by atoms with Gasteiger partial charge in [0.2, 0.25) is 11.1 Å². The molecule has 1 aromatic carbocycles. The molecule has 35 heavy (non-hydrogen) atoms. The lowest BCUT2D eigenvalue weighted by Crippen LogP contribution is -2.41. The van der Waals surface area contributed by atoms with E-state index in [-0.39, 0.29) is 34.0 Å². The van der Waals surface area contributed by atoms with Crippen molar-refractivity contribution < 1.29 is 28.3 Å². The van der Waals surface area contributed by atoms with Gasteiger partial charge in [0.15, 0.2) is 22.5 Å². The van der Waals surface area contributed by atoms with E-state index in [4.69, 9.17) is 19.5 Å². The number of imidazole rings is 1. The minimum Gasteiger partial charge on any atom is -0.756 e. The van der Waals surface area contributed by atoms with E-state index >= 15 is 0 Å². The van der Waals surface area contributed by atoms with Crippen LogP contribution in [0.25, 0.3) is 16.9 Å². The first kappa shape index (κ1) is 22.3. The molecule has 18 heteroatoms. The van der Waals surface area contributed by atoms with Crippen molar-refractivity contribution in [1.82, 2.24) is 39.7 Å². The molecule has 4 N–H and O–H groups in total. The topological polar surface area (TPSA) is 221 Å². The number of tetrazole rings is 1. The number of nitrogens with two attached hydrogens (primary N) is 1. The maximum Gasteiger partial charge on any atom is 0.280 e. The Bertz CT molecular complexity index is 1530. The Balaban J connectivity index is 1.46. The normalized spacial score (nSPS) is 28.4. The van der Waals surface area contributed by atoms with E-state index < -0.39 is 37.9 Å². The van der Waals surface area contributed by atoms with Crippen LogP contribution in [0.15, 0.2) is 45.4 Å². The number of nitrogen functional groups attached to an aromatic ring is 1. The van der Waals surface area contributed by atoms with Crippen molar-refractivity contribution in [3.05, 3.63) is 40.7 Å². The molecule has 3 aromatic heterocycles. The van der Waals surface area contributed by atoms with Crippen LogP contribution in [0.2, 0.25) is 0 Å². The maximum absolute atomic E-state index is 12.6. The monoisotopic (exact) mass is 520 g/mol. The number of hydrogen-bond acceptors (Lipinski definition) is 14. The third-order valence-electron chi connectivity index (χ3n) is 5.37. The van der Waals surface area contributed by atoms with E-state index in [9.17, 15) is 19.4 Å². The van der Waals surface area contributed by atoms with E-state index in [1.807, 2.05) is 18.2 Å². The van der Waals surface area contributed by atoms with E-state index in [0.29, 0.717) is 5.69 Å². The highest BCUT2D eigenvalue weighted by Gasteiger charge is 2.51. The Hall–Kier alpha value is -3.18. The number of benzene rings is 1. The van der Waals surface area contributed by atoms with Gasteiger partial charge in [0.1, 0.15) is 18.3 Å². The number of para-hydroxylation sites is 1. The highest BCUT2D eigenvalue weighted by molar-refractivity contribution is 7.99. The molecule has 6 rings (SSSR count). The molecule has 2 saturated heterocycles. The number of phosphoric ester groups is 1. The quantitative estimate of drug-likeness (QED) is 0.274. The van der Waals surface area contributed by atoms with Gasteiger partial charge in [-0.05, 0) is 34.3 Å². The first-order chi connectivity index (χ1) is 16.8. The second-order valence-corrected chi connectivity index (χ2v) is 9.87. The van der Waals surface area contributed by atoms with Gasteiger partial charge in [0, 0.05) is 0 Å². The Morgan fingerprint density at radius 1 is 1.26 bits per heavy atom. The lowest BCUT2D eigenvalue weighted by Gasteiger charge is -2.34. The van der Waals surface area contributed by atoms with Gasteiger partial charge in [-0.3, -0.25) is 18.9 Å². The van der Waals surface area contributed by atoms with Gasteiger partial charge in [-0.1, -0.05) is 18.2 Å². The summed E-state index contributed by atoms with van der Waals surface area (Å²) >= 11 is 0.970. The van der Waals surface area contributed by atoms with Gasteiger partial charge in [0.25, 0.3) is 13.4 Å². The Kier molecular flexibility index (Phi) is 5.22. The Morgan fingerprint density at radius 3 is 2.86 bits per heavy atom. The van der Waals surface area contributed by atoms with E-state index in [2.05, 4.69) is 30.5 Å². The van der Waals surface area contributed by atoms with Crippen LogP contribution in [-0.2, 0) is 18.3 Å². The van der Waals surface area contributed by atoms with Crippen molar-refractivity contribution in [3.8, 4) is 5.69 Å². The van der Waals surface area contributed by atoms with E-state index in [0.717, 1.165) is 11.8 Å². The number of aliphatic hydroxyl groups excluding tert-OH is 1. The molecule has 0 bridgehead atoms. The second-order valence-electron chi connectivity index (χ2n) is 7.57. The number of ether oxygens (including phenoxy) is 1. The maximum atomic E-state index is 12.6. The van der Waals surface area contributed by atoms with Crippen LogP contribution in [0.3, 0.4) is 0 Å². The smallest absolute Gasteiger partial charge is 0.280 e. The molecule has 16 nitrogen and oxygen atoms in total. The minimum atomic E-state index is -4.60. The number of fused-ring (bicyclic) bond motifs is 2. The average molecular weight is 520 g/mol. The Morgan fingerprint density at radius 2 is 2.06 bits per heavy atom. The zero-order chi connectivity index (χ0) is 24.3. The van der Waals surface area contributed by atoms with Gasteiger partial charge in [-0.25, -0.2) is 4.98 Å². The summed E-state index contributed by atoms with van der Waals surface area (Å²) in [6.07, 6.45) is -4.86. The lowest BCUT2D eigenvalue weighted by molar-refractivity contribution is -0.245. The van der Waals surface area contributed by atoms with Crippen molar-refractivity contribution in [2.75, 3.05) is 12.3 Å². The number of nitrogens with one attached hydrogen (secondary N) is 1. The third kappa shape index (κ3) is 3.82. The zero-order valence-electron chi connectivity index (χ0n) is 17.4. The van der Waals surface area contributed by atoms with Gasteiger partial charge in [-0.2, -0.15) is 9.67 Å². The number of H-pyrrole nitrogens is 1. The van der Waals surface area contributed by atoms with Crippen LogP contribution in [-0.4, -0.2) is 69.8 Å². The number of aromatic amines is 1. The summed E-state index contributed by atoms with van der Waals surface area (Å²) in [4.78, 5) is 35.2. The van der Waals surface area contributed by atoms with Crippen molar-refractivity contribution in [3.63, 3.8) is 0 Å². The van der Waals surface area contributed by atoms with Crippen LogP contribution in [0.4, 0.5) is 5.95 Å². The molecule has 0 spiro atoms. The molecule has 2 aliphatic rings. The molecule has 0 amide bonds. The molecule has 5 heterocycles. The molecular formula is C17H15N9O7PS-. The summed E-state index contributed by atoms with van der Waals surface area (Å²) in [7, 11) is -4.60. The summed E-state index contributed by atoms with van der Waals surface area (Å²) < 4.78 is 30.1. The fourth-order valence-electron chi connectivity index (χ4n) is 3.88. The SMILES string of the molecule is Nc1nc2c(nc(Sc3nnnn3-c3ccccc3)n2[C@@H]2OC3COP(=O)([O-])O[C@H]3C2O)c(=O)[nH]1. The minimum absolute atomic E-state index is 0.00130. The fourth-order valence-corrected chi connectivity index (χ4v) is 5.72. The highest BCUT2D eigenvalue weighted by Crippen LogP contribution is 2.50. The number of phosphoric acid groups is 1. The standard InChI is InChI=1S/C17H16N9O7PS/c18-15-20-12-9(13(28)21-15)19-16(35-17-22-23-24-26(17)7-4-2-1-3-5-7)25(12)14-10(27)11-8(32-14)6-31-34(29,30)33-11/h1-5,8,10-11,14,27H,6H2,(H,29,30)(H3,18,20,21,28)/p-1/t8?,10?,11-,14-/m1/s1. The number of anilines is 1. The molecule has 4 aromatic rings. The molecule has 2 fully saturated rings. The molecule has 0 aliphatic carbocycles. The van der Waals surface area contributed by atoms with Crippen LogP contribution in [0, 0.1) is 0 Å². The summed E-state index contributed by atoms with van der Waals surface area (Å²) in [5, 5.41) is 23.1. The Labute approximate surface area is 198 Å². The largest absolute Gasteiger partial charge is 0.756 e. The zero-order valence-corrected chi connectivity index (χ0v) is 19.1. The molecule has 0 radical (unpaired) electrons. The van der Waals surface area contributed by atoms with Gasteiger partial charge in [0.05, 0.1) is 12.3 Å². The van der Waals surface area contributed by atoms with Crippen LogP contribution in [0.5, 0.6) is 0 Å². The van der Waals surface area contributed by atoms with Gasteiger partial charge >= 0.3 is 0 Å².